The summed E-state index contributed by atoms with van der Waals surface area (Å²) in [5.41, 5.74) is 6.41. The number of likely N-dealkylation sites (N-methyl/N-ethyl adjacent to an activating group) is 1. The molecule has 4 heterocycles. The fourth-order valence-electron chi connectivity index (χ4n) is 11.9. The molecule has 0 radical (unpaired) electrons. The Labute approximate surface area is 294 Å². The van der Waals surface area contributed by atoms with E-state index in [0.717, 1.165) is 57.6 Å². The summed E-state index contributed by atoms with van der Waals surface area (Å²) in [7, 11) is 2.15. The summed E-state index contributed by atoms with van der Waals surface area (Å²) in [5.74, 6) is 1.91. The van der Waals surface area contributed by atoms with Crippen LogP contribution in [0, 0.1) is 25.7 Å². The first kappa shape index (κ1) is 32.4. The van der Waals surface area contributed by atoms with Crippen LogP contribution in [0.1, 0.15) is 66.0 Å². The Morgan fingerprint density at radius 3 is 2.22 bits per heavy atom. The summed E-state index contributed by atoms with van der Waals surface area (Å²) in [6.07, 6.45) is -2.07. The quantitative estimate of drug-likeness (QED) is 0.414. The number of alkyl halides is 2. The molecule has 4 bridgehead atoms. The second-order valence-corrected chi connectivity index (χ2v) is 16.7. The third-order valence-electron chi connectivity index (χ3n) is 13.9. The van der Waals surface area contributed by atoms with E-state index in [1.54, 1.807) is 11.8 Å². The van der Waals surface area contributed by atoms with Crippen LogP contribution in [-0.4, -0.2) is 102 Å². The van der Waals surface area contributed by atoms with Crippen LogP contribution in [-0.2, 0) is 28.4 Å². The van der Waals surface area contributed by atoms with Gasteiger partial charge in [-0.25, -0.2) is 13.6 Å². The highest BCUT2D eigenvalue weighted by Crippen LogP contribution is 2.65. The van der Waals surface area contributed by atoms with Gasteiger partial charge in [0, 0.05) is 45.1 Å². The van der Waals surface area contributed by atoms with E-state index in [1.165, 1.54) is 11.1 Å². The lowest BCUT2D eigenvalue weighted by molar-refractivity contribution is -0.131. The number of rotatable bonds is 1. The molecule has 2 aromatic rings. The van der Waals surface area contributed by atoms with E-state index in [4.69, 9.17) is 14.2 Å². The molecule has 2 aromatic carbocycles. The number of piperidine rings is 2. The highest BCUT2D eigenvalue weighted by Gasteiger charge is 2.69. The smallest absolute Gasteiger partial charge is 0.410 e. The van der Waals surface area contributed by atoms with Gasteiger partial charge < -0.3 is 34.2 Å². The molecule has 12 atom stereocenters. The molecule has 2 N–H and O–H groups in total. The van der Waals surface area contributed by atoms with E-state index in [2.05, 4.69) is 46.9 Å². The highest BCUT2D eigenvalue weighted by molar-refractivity contribution is 9.10. The van der Waals surface area contributed by atoms with Gasteiger partial charge in [0.15, 0.2) is 0 Å². The Hall–Kier alpha value is -2.47. The maximum absolute atomic E-state index is 14.8. The van der Waals surface area contributed by atoms with E-state index in [1.807, 2.05) is 13.0 Å². The van der Waals surface area contributed by atoms with Crippen molar-refractivity contribution >= 4 is 22.0 Å². The molecule has 11 heteroatoms. The summed E-state index contributed by atoms with van der Waals surface area (Å²) in [4.78, 5) is 16.7. The van der Waals surface area contributed by atoms with Crippen molar-refractivity contribution in [3.05, 3.63) is 56.1 Å². The first-order valence-electron chi connectivity index (χ1n) is 18.0. The van der Waals surface area contributed by atoms with Crippen molar-refractivity contribution in [2.24, 2.45) is 11.8 Å². The normalized spacial score (nSPS) is 41.4. The highest BCUT2D eigenvalue weighted by atomic mass is 79.9. The summed E-state index contributed by atoms with van der Waals surface area (Å²) < 4.78 is 48.0. The molecule has 2 saturated heterocycles. The van der Waals surface area contributed by atoms with Crippen LogP contribution in [0.5, 0.6) is 11.5 Å². The lowest BCUT2D eigenvalue weighted by Crippen LogP contribution is -2.69. The van der Waals surface area contributed by atoms with Crippen molar-refractivity contribution in [1.29, 1.82) is 0 Å². The standard InChI is InChI=1S/C20H23BrFNO4.C18H22FNO2/c1-3-26-19(25)23-5-4-20-11-8-13(22)16(24)18(20)27-17-9(2)6-12(21)10(15(17)20)7-14(11)23;1-9-3-4-10-7-13-11-8-12(19)15(21)17-18(11,5-6-20(13)2)14(10)16(9)22-17/h6,11,13-14,16,18,24H,3-5,7-8H2,1-2H3;3-4,11-13,15,17,21H,5-8H2,1-2H3/t11-,13+,14+,16?,18-,20-;11-,12+,13+,15?,17-,18-/m00/s1. The van der Waals surface area contributed by atoms with Gasteiger partial charge in [0.1, 0.15) is 48.3 Å². The van der Waals surface area contributed by atoms with Crippen molar-refractivity contribution < 1.29 is 38.0 Å². The minimum atomic E-state index is -1.35. The summed E-state index contributed by atoms with van der Waals surface area (Å²) in [5, 5.41) is 21.2. The SMILES string of the molecule is CCOC(=O)N1CC[C@]23c4c5c(Br)cc(C)c4O[C@H]2C(O)[C@H](F)C[C@H]3[C@H]1C5.Cc1ccc2c3c1O[C@H]1C(O)[C@H](F)C[C@H]4[C@@H](C2)N(C)CC[C@]314. The summed E-state index contributed by atoms with van der Waals surface area (Å²) >= 11 is 3.69. The number of ether oxygens (including phenoxy) is 3. The zero-order valence-corrected chi connectivity index (χ0v) is 30.0. The third-order valence-corrected chi connectivity index (χ3v) is 14.6. The lowest BCUT2D eigenvalue weighted by Gasteiger charge is -2.59. The molecule has 1 amide bonds. The minimum Gasteiger partial charge on any atom is -0.486 e. The van der Waals surface area contributed by atoms with E-state index in [0.29, 0.717) is 38.5 Å². The number of nitrogens with zero attached hydrogens (tertiary/aromatic N) is 2. The molecule has 10 rings (SSSR count). The van der Waals surface area contributed by atoms with Crippen LogP contribution < -0.4 is 9.47 Å². The molecule has 2 spiro atoms. The first-order valence-corrected chi connectivity index (χ1v) is 18.8. The molecular formula is C38H45BrF2N2O6. The number of hydrogen-bond donors (Lipinski definition) is 2. The van der Waals surface area contributed by atoms with E-state index < -0.39 is 42.2 Å². The van der Waals surface area contributed by atoms with Gasteiger partial charge in [0.05, 0.1) is 6.61 Å². The summed E-state index contributed by atoms with van der Waals surface area (Å²) in [6.45, 7) is 7.69. The maximum atomic E-state index is 14.8. The van der Waals surface area contributed by atoms with Gasteiger partial charge >= 0.3 is 6.09 Å². The fraction of sp³-hybridized carbons (Fsp3) is 0.658. The second-order valence-electron chi connectivity index (χ2n) is 15.9. The molecule has 8 aliphatic rings. The Morgan fingerprint density at radius 1 is 0.939 bits per heavy atom. The van der Waals surface area contributed by atoms with Crippen molar-refractivity contribution in [2.75, 3.05) is 26.7 Å². The van der Waals surface area contributed by atoms with Gasteiger partial charge in [-0.1, -0.05) is 28.1 Å². The van der Waals surface area contributed by atoms with Gasteiger partial charge in [-0.05, 0) is 113 Å². The van der Waals surface area contributed by atoms with Gasteiger partial charge in [-0.15, -0.1) is 0 Å². The van der Waals surface area contributed by atoms with Gasteiger partial charge in [-0.2, -0.15) is 0 Å². The van der Waals surface area contributed by atoms with E-state index >= 15 is 0 Å². The maximum Gasteiger partial charge on any atom is 0.410 e. The molecule has 0 aromatic heterocycles. The first-order chi connectivity index (χ1) is 23.4. The van der Waals surface area contributed by atoms with Gasteiger partial charge in [0.2, 0.25) is 0 Å². The molecule has 49 heavy (non-hydrogen) atoms. The van der Waals surface area contributed by atoms with Crippen LogP contribution in [0.2, 0.25) is 0 Å². The number of aliphatic hydroxyl groups excluding tert-OH is 2. The van der Waals surface area contributed by atoms with E-state index in [-0.39, 0.29) is 35.8 Å². The molecule has 4 aliphatic heterocycles. The Morgan fingerprint density at radius 2 is 1.55 bits per heavy atom. The number of hydrogen-bond acceptors (Lipinski definition) is 7. The van der Waals surface area contributed by atoms with Gasteiger partial charge in [-0.3, -0.25) is 0 Å². The molecular weight excluding hydrogens is 698 g/mol. The fourth-order valence-corrected chi connectivity index (χ4v) is 12.6. The number of amides is 1. The number of halogens is 3. The number of aliphatic hydroxyl groups is 2. The third kappa shape index (κ3) is 4.07. The average molecular weight is 744 g/mol. The number of benzene rings is 2. The molecule has 2 saturated carbocycles. The van der Waals surface area contributed by atoms with Crippen LogP contribution in [0.25, 0.3) is 0 Å². The zero-order valence-electron chi connectivity index (χ0n) is 28.4. The van der Waals surface area contributed by atoms with Crippen LogP contribution >= 0.6 is 15.9 Å². The number of aryl methyl sites for hydroxylation is 2. The Kier molecular flexibility index (Phi) is 7.29. The number of likely N-dealkylation sites (tertiary alicyclic amines) is 2. The van der Waals surface area contributed by atoms with Crippen molar-refractivity contribution in [3.63, 3.8) is 0 Å². The van der Waals surface area contributed by atoms with Crippen molar-refractivity contribution in [2.45, 2.75) is 119 Å². The predicted molar refractivity (Wildman–Crippen MR) is 181 cm³/mol. The van der Waals surface area contributed by atoms with Crippen LogP contribution in [0.3, 0.4) is 0 Å². The molecule has 2 unspecified atom stereocenters. The molecule has 8 nitrogen and oxygen atoms in total. The Bertz CT molecular complexity index is 1740. The molecule has 4 aliphatic carbocycles. The average Bonchev–Trinajstić information content (AvgIpc) is 3.60. The predicted octanol–water partition coefficient (Wildman–Crippen LogP) is 5.24. The van der Waals surface area contributed by atoms with Crippen LogP contribution in [0.4, 0.5) is 13.6 Å². The largest absolute Gasteiger partial charge is 0.486 e. The van der Waals surface area contributed by atoms with Crippen molar-refractivity contribution in [1.82, 2.24) is 9.80 Å². The molecule has 4 fully saturated rings. The second kappa shape index (κ2) is 11.0. The minimum absolute atomic E-state index is 0.0819. The number of carbonyl (C=O) groups is 1. The summed E-state index contributed by atoms with van der Waals surface area (Å²) in [6, 6.07) is 6.57. The Balaban J connectivity index is 0.000000135. The number of carbonyl (C=O) groups excluding carboxylic acids is 1. The van der Waals surface area contributed by atoms with Crippen molar-refractivity contribution in [3.8, 4) is 11.5 Å². The molecule has 264 valence electrons. The van der Waals surface area contributed by atoms with Crippen LogP contribution in [0.15, 0.2) is 22.7 Å². The van der Waals surface area contributed by atoms with E-state index in [9.17, 15) is 23.8 Å². The topological polar surface area (TPSA) is 91.7 Å². The van der Waals surface area contributed by atoms with Gasteiger partial charge in [0.25, 0.3) is 0 Å². The lowest BCUT2D eigenvalue weighted by atomic mass is 9.51. The monoisotopic (exact) mass is 742 g/mol. The zero-order chi connectivity index (χ0) is 34.3.